The zero-order chi connectivity index (χ0) is 29.5. The van der Waals surface area contributed by atoms with E-state index >= 15 is 0 Å². The Labute approximate surface area is 248 Å². The molecule has 9 nitrogen and oxygen atoms in total. The second-order valence-corrected chi connectivity index (χ2v) is 10.7. The van der Waals surface area contributed by atoms with Crippen molar-refractivity contribution < 1.29 is 27.6 Å². The molecular weight excluding hydrogens is 654 g/mol. The number of ether oxygens (including phenoxy) is 1. The van der Waals surface area contributed by atoms with Gasteiger partial charge < -0.3 is 15.4 Å². The first-order valence-electron chi connectivity index (χ1n) is 11.8. The van der Waals surface area contributed by atoms with Crippen LogP contribution in [0.1, 0.15) is 34.6 Å². The number of rotatable bonds is 6. The summed E-state index contributed by atoms with van der Waals surface area (Å²) in [6.45, 7) is 0. The van der Waals surface area contributed by atoms with Gasteiger partial charge in [0, 0.05) is 29.1 Å². The monoisotopic (exact) mass is 669 g/mol. The number of nitro benzene ring substituents is 1. The average molecular weight is 671 g/mol. The number of non-ortho nitro benzene ring substituents is 1. The van der Waals surface area contributed by atoms with Crippen LogP contribution in [0.3, 0.4) is 0 Å². The van der Waals surface area contributed by atoms with Gasteiger partial charge in [0.1, 0.15) is 17.3 Å². The zero-order valence-electron chi connectivity index (χ0n) is 20.5. The minimum atomic E-state index is -4.68. The zero-order valence-corrected chi connectivity index (χ0v) is 23.6. The molecule has 0 aliphatic carbocycles. The molecule has 4 aromatic rings. The van der Waals surface area contributed by atoms with Gasteiger partial charge in [-0.1, -0.05) is 45.2 Å². The Morgan fingerprint density at radius 1 is 1.07 bits per heavy atom. The molecule has 1 aliphatic rings. The number of alkyl halides is 3. The van der Waals surface area contributed by atoms with Crippen molar-refractivity contribution in [1.82, 2.24) is 9.78 Å². The highest BCUT2D eigenvalue weighted by Crippen LogP contribution is 2.44. The van der Waals surface area contributed by atoms with Crippen LogP contribution in [0.5, 0.6) is 11.5 Å². The number of aromatic nitrogens is 2. The summed E-state index contributed by atoms with van der Waals surface area (Å²) in [7, 11) is 0. The lowest BCUT2D eigenvalue weighted by Crippen LogP contribution is -2.35. The molecule has 2 atom stereocenters. The number of nitro groups is 1. The number of anilines is 2. The predicted octanol–water partition coefficient (Wildman–Crippen LogP) is 8.57. The summed E-state index contributed by atoms with van der Waals surface area (Å²) < 4.78 is 49.4. The van der Waals surface area contributed by atoms with Crippen LogP contribution in [-0.4, -0.2) is 26.8 Å². The molecule has 0 saturated heterocycles. The smallest absolute Gasteiger partial charge is 0.410 e. The summed E-state index contributed by atoms with van der Waals surface area (Å²) in [5, 5.41) is 21.3. The lowest BCUT2D eigenvalue weighted by Gasteiger charge is -2.33. The number of nitrogens with one attached hydrogen (secondary N) is 2. The molecule has 1 amide bonds. The van der Waals surface area contributed by atoms with E-state index in [1.807, 2.05) is 0 Å². The van der Waals surface area contributed by atoms with Crippen LogP contribution < -0.4 is 15.4 Å². The maximum atomic E-state index is 14.1. The molecule has 2 heterocycles. The van der Waals surface area contributed by atoms with Gasteiger partial charge in [-0.15, -0.1) is 0 Å². The topological polar surface area (TPSA) is 111 Å². The van der Waals surface area contributed by atoms with E-state index in [0.717, 1.165) is 10.5 Å². The van der Waals surface area contributed by atoms with Crippen LogP contribution in [0.4, 0.5) is 30.4 Å². The maximum absolute atomic E-state index is 14.1. The SMILES string of the molecule is O=C(Nc1cc(Oc2ccc(Br)cc2)cc([N+](=O)[O-])c1)c1cc2n(n1)[C@@H](C(F)(F)F)C[C@H](c1ccc(Cl)c(Cl)c1)N2. The molecule has 0 fully saturated rings. The number of carbonyl (C=O) groups excluding carboxylic acids is 1. The molecule has 5 rings (SSSR count). The van der Waals surface area contributed by atoms with E-state index in [1.54, 1.807) is 30.3 Å². The van der Waals surface area contributed by atoms with E-state index in [4.69, 9.17) is 27.9 Å². The molecule has 15 heteroatoms. The van der Waals surface area contributed by atoms with E-state index in [2.05, 4.69) is 31.7 Å². The van der Waals surface area contributed by atoms with E-state index in [-0.39, 0.29) is 38.7 Å². The summed E-state index contributed by atoms with van der Waals surface area (Å²) in [4.78, 5) is 23.9. The molecule has 3 aromatic carbocycles. The summed E-state index contributed by atoms with van der Waals surface area (Å²) in [6.07, 6.45) is -5.09. The van der Waals surface area contributed by atoms with Crippen molar-refractivity contribution in [3.05, 3.63) is 103 Å². The largest absolute Gasteiger partial charge is 0.457 e. The highest BCUT2D eigenvalue weighted by atomic mass is 79.9. The summed E-state index contributed by atoms with van der Waals surface area (Å²) in [6, 6.07) is 13.2. The van der Waals surface area contributed by atoms with Crippen molar-refractivity contribution in [3.8, 4) is 11.5 Å². The van der Waals surface area contributed by atoms with Gasteiger partial charge in [0.05, 0.1) is 32.8 Å². The fourth-order valence-electron chi connectivity index (χ4n) is 4.29. The fraction of sp³-hybridized carbons (Fsp3) is 0.154. The molecule has 0 spiro atoms. The molecule has 212 valence electrons. The molecule has 0 saturated carbocycles. The van der Waals surface area contributed by atoms with Crippen LogP contribution in [0.2, 0.25) is 10.0 Å². The van der Waals surface area contributed by atoms with Crippen LogP contribution in [0, 0.1) is 10.1 Å². The van der Waals surface area contributed by atoms with Gasteiger partial charge in [-0.25, -0.2) is 4.68 Å². The quantitative estimate of drug-likeness (QED) is 0.157. The number of hydrogen-bond donors (Lipinski definition) is 2. The Kier molecular flexibility index (Phi) is 7.86. The normalized spacial score (nSPS) is 16.4. The second-order valence-electron chi connectivity index (χ2n) is 9.01. The third-order valence-electron chi connectivity index (χ3n) is 6.18. The van der Waals surface area contributed by atoms with E-state index in [9.17, 15) is 28.1 Å². The third-order valence-corrected chi connectivity index (χ3v) is 7.45. The first-order valence-corrected chi connectivity index (χ1v) is 13.3. The van der Waals surface area contributed by atoms with Gasteiger partial charge >= 0.3 is 6.18 Å². The van der Waals surface area contributed by atoms with Gasteiger partial charge in [0.15, 0.2) is 11.7 Å². The number of benzene rings is 3. The predicted molar refractivity (Wildman–Crippen MR) is 150 cm³/mol. The van der Waals surface area contributed by atoms with E-state index in [0.29, 0.717) is 16.0 Å². The average Bonchev–Trinajstić information content (AvgIpc) is 3.35. The van der Waals surface area contributed by atoms with Gasteiger partial charge in [0.25, 0.3) is 11.6 Å². The Morgan fingerprint density at radius 2 is 1.80 bits per heavy atom. The van der Waals surface area contributed by atoms with Crippen molar-refractivity contribution in [3.63, 3.8) is 0 Å². The number of amides is 1. The lowest BCUT2D eigenvalue weighted by atomic mass is 9.97. The number of carbonyl (C=O) groups is 1. The minimum absolute atomic E-state index is 0.0173. The molecule has 0 radical (unpaired) electrons. The van der Waals surface area contributed by atoms with Crippen LogP contribution >= 0.6 is 39.1 Å². The Hall–Kier alpha value is -3.81. The summed E-state index contributed by atoms with van der Waals surface area (Å²) in [5.41, 5.74) is -0.251. The first-order chi connectivity index (χ1) is 19.4. The first kappa shape index (κ1) is 28.7. The van der Waals surface area contributed by atoms with Crippen LogP contribution in [0.25, 0.3) is 0 Å². The number of hydrogen-bond acceptors (Lipinski definition) is 6. The van der Waals surface area contributed by atoms with Crippen molar-refractivity contribution >= 4 is 62.2 Å². The Bertz CT molecular complexity index is 1650. The van der Waals surface area contributed by atoms with Crippen LogP contribution in [0.15, 0.2) is 71.2 Å². The standard InChI is InChI=1S/C26H17BrCl2F3N5O4/c27-14-2-4-17(5-3-14)41-18-9-15(8-16(10-18)37(39)40)33-25(38)22-12-24-34-21(13-1-6-19(28)20(29)7-13)11-23(26(30,31)32)36(24)35-22/h1-10,12,21,23,34H,11H2,(H,33,38)/t21-,23-/m1/s1. The third kappa shape index (κ3) is 6.42. The number of fused-ring (bicyclic) bond motifs is 1. The molecule has 2 N–H and O–H groups in total. The highest BCUT2D eigenvalue weighted by molar-refractivity contribution is 9.10. The van der Waals surface area contributed by atoms with Gasteiger partial charge in [-0.2, -0.15) is 18.3 Å². The molecule has 41 heavy (non-hydrogen) atoms. The number of nitrogens with zero attached hydrogens (tertiary/aromatic N) is 3. The van der Waals surface area contributed by atoms with E-state index in [1.165, 1.54) is 30.3 Å². The summed E-state index contributed by atoms with van der Waals surface area (Å²) >= 11 is 15.3. The minimum Gasteiger partial charge on any atom is -0.457 e. The Balaban J connectivity index is 1.42. The molecule has 0 unspecified atom stereocenters. The second kappa shape index (κ2) is 11.2. The molecule has 1 aromatic heterocycles. The molecule has 1 aliphatic heterocycles. The van der Waals surface area contributed by atoms with Gasteiger partial charge in [0.2, 0.25) is 0 Å². The van der Waals surface area contributed by atoms with Crippen molar-refractivity contribution in [2.75, 3.05) is 10.6 Å². The van der Waals surface area contributed by atoms with Crippen molar-refractivity contribution in [2.45, 2.75) is 24.7 Å². The molecule has 0 bridgehead atoms. The fourth-order valence-corrected chi connectivity index (χ4v) is 4.86. The lowest BCUT2D eigenvalue weighted by molar-refractivity contribution is -0.384. The van der Waals surface area contributed by atoms with E-state index < -0.39 is 35.5 Å². The Morgan fingerprint density at radius 3 is 2.46 bits per heavy atom. The summed E-state index contributed by atoms with van der Waals surface area (Å²) in [5.74, 6) is -0.480. The molecular formula is C26H17BrCl2F3N5O4. The van der Waals surface area contributed by atoms with Gasteiger partial charge in [-0.05, 0) is 42.0 Å². The number of halogens is 6. The van der Waals surface area contributed by atoms with Crippen LogP contribution in [-0.2, 0) is 0 Å². The maximum Gasteiger partial charge on any atom is 0.410 e. The van der Waals surface area contributed by atoms with Gasteiger partial charge in [-0.3, -0.25) is 14.9 Å². The highest BCUT2D eigenvalue weighted by Gasteiger charge is 2.47. The van der Waals surface area contributed by atoms with Crippen molar-refractivity contribution in [2.24, 2.45) is 0 Å². The van der Waals surface area contributed by atoms with Crippen molar-refractivity contribution in [1.29, 1.82) is 0 Å².